The predicted octanol–water partition coefficient (Wildman–Crippen LogP) is 1.41. The zero-order valence-corrected chi connectivity index (χ0v) is 20.0. The van der Waals surface area contributed by atoms with Gasteiger partial charge in [-0.1, -0.05) is 30.3 Å². The summed E-state index contributed by atoms with van der Waals surface area (Å²) in [6.07, 6.45) is 1.31. The third-order valence-electron chi connectivity index (χ3n) is 5.59. The molecule has 0 saturated carbocycles. The highest BCUT2D eigenvalue weighted by Crippen LogP contribution is 2.12. The van der Waals surface area contributed by atoms with Gasteiger partial charge in [0.25, 0.3) is 5.56 Å². The van der Waals surface area contributed by atoms with E-state index in [4.69, 9.17) is 10.5 Å². The van der Waals surface area contributed by atoms with Crippen LogP contribution in [-0.2, 0) is 18.3 Å². The maximum atomic E-state index is 12.9. The number of nitrogens with zero attached hydrogens (tertiary/aromatic N) is 5. The van der Waals surface area contributed by atoms with Crippen molar-refractivity contribution in [1.82, 2.24) is 23.9 Å². The standard InChI is InChI=1S/C25H24N6O5/c1-15-11-16(2)31(28-15)20-10-9-18(12-27-20)24(34)36-14-19(32)21-22(26)30(25(35)29(3)23(21)33)13-17-7-5-4-6-8-17/h4-12H,13-14,26H2,1-3H3. The van der Waals surface area contributed by atoms with Gasteiger partial charge in [-0.3, -0.25) is 18.7 Å². The lowest BCUT2D eigenvalue weighted by atomic mass is 10.2. The molecule has 0 spiro atoms. The second-order valence-electron chi connectivity index (χ2n) is 8.22. The number of nitrogen functional groups attached to an aromatic ring is 1. The molecule has 0 bridgehead atoms. The number of aryl methyl sites for hydroxylation is 2. The summed E-state index contributed by atoms with van der Waals surface area (Å²) in [6.45, 7) is 3.07. The van der Waals surface area contributed by atoms with E-state index in [0.717, 1.165) is 26.1 Å². The summed E-state index contributed by atoms with van der Waals surface area (Å²) in [6, 6.07) is 14.0. The molecule has 36 heavy (non-hydrogen) atoms. The van der Waals surface area contributed by atoms with Gasteiger partial charge in [0, 0.05) is 18.9 Å². The molecule has 0 aliphatic rings. The summed E-state index contributed by atoms with van der Waals surface area (Å²) in [5.41, 5.74) is 6.72. The van der Waals surface area contributed by atoms with Gasteiger partial charge < -0.3 is 10.5 Å². The maximum Gasteiger partial charge on any atom is 0.340 e. The molecular weight excluding hydrogens is 464 g/mol. The molecule has 11 heteroatoms. The highest BCUT2D eigenvalue weighted by Gasteiger charge is 2.23. The van der Waals surface area contributed by atoms with Crippen LogP contribution in [0.4, 0.5) is 5.82 Å². The molecule has 3 heterocycles. The Morgan fingerprint density at radius 2 is 1.78 bits per heavy atom. The van der Waals surface area contributed by atoms with Crippen molar-refractivity contribution < 1.29 is 14.3 Å². The van der Waals surface area contributed by atoms with Crippen LogP contribution in [0.3, 0.4) is 0 Å². The van der Waals surface area contributed by atoms with Gasteiger partial charge in [0.1, 0.15) is 11.4 Å². The first-order valence-corrected chi connectivity index (χ1v) is 11.0. The Labute approximate surface area is 205 Å². The number of aromatic nitrogens is 5. The van der Waals surface area contributed by atoms with E-state index in [9.17, 15) is 19.2 Å². The molecule has 11 nitrogen and oxygen atoms in total. The van der Waals surface area contributed by atoms with Crippen LogP contribution < -0.4 is 17.0 Å². The van der Waals surface area contributed by atoms with Crippen molar-refractivity contribution >= 4 is 17.6 Å². The van der Waals surface area contributed by atoms with Crippen molar-refractivity contribution in [3.63, 3.8) is 0 Å². The van der Waals surface area contributed by atoms with Gasteiger partial charge in [-0.05, 0) is 37.6 Å². The Morgan fingerprint density at radius 3 is 2.39 bits per heavy atom. The van der Waals surface area contributed by atoms with E-state index in [0.29, 0.717) is 5.82 Å². The first-order valence-electron chi connectivity index (χ1n) is 11.0. The number of hydrogen-bond donors (Lipinski definition) is 1. The number of hydrogen-bond acceptors (Lipinski definition) is 8. The fourth-order valence-electron chi connectivity index (χ4n) is 3.74. The zero-order chi connectivity index (χ0) is 26.0. The quantitative estimate of drug-likeness (QED) is 0.304. The molecule has 0 atom stereocenters. The average Bonchev–Trinajstić information content (AvgIpc) is 3.22. The molecule has 0 aliphatic heterocycles. The van der Waals surface area contributed by atoms with Crippen LogP contribution in [0.15, 0.2) is 64.3 Å². The monoisotopic (exact) mass is 488 g/mol. The van der Waals surface area contributed by atoms with Crippen LogP contribution in [0.5, 0.6) is 0 Å². The molecule has 0 fully saturated rings. The number of ketones is 1. The van der Waals surface area contributed by atoms with Gasteiger partial charge in [-0.2, -0.15) is 5.10 Å². The number of Topliss-reactive ketones (excluding diaryl/α,β-unsaturated/α-hetero) is 1. The van der Waals surface area contributed by atoms with Crippen molar-refractivity contribution in [3.8, 4) is 5.82 Å². The van der Waals surface area contributed by atoms with Crippen LogP contribution >= 0.6 is 0 Å². The third-order valence-corrected chi connectivity index (χ3v) is 5.59. The minimum absolute atomic E-state index is 0.0625. The highest BCUT2D eigenvalue weighted by atomic mass is 16.5. The van der Waals surface area contributed by atoms with Crippen LogP contribution in [0, 0.1) is 13.8 Å². The highest BCUT2D eigenvalue weighted by molar-refractivity contribution is 6.02. The second-order valence-corrected chi connectivity index (χ2v) is 8.22. The molecule has 4 rings (SSSR count). The average molecular weight is 489 g/mol. The van der Waals surface area contributed by atoms with Gasteiger partial charge in [0.2, 0.25) is 5.78 Å². The van der Waals surface area contributed by atoms with Gasteiger partial charge in [-0.15, -0.1) is 0 Å². The Morgan fingerprint density at radius 1 is 1.06 bits per heavy atom. The minimum Gasteiger partial charge on any atom is -0.454 e. The number of carbonyl (C=O) groups is 2. The normalized spacial score (nSPS) is 10.9. The molecule has 3 aromatic heterocycles. The molecule has 2 N–H and O–H groups in total. The lowest BCUT2D eigenvalue weighted by Crippen LogP contribution is -2.43. The first-order chi connectivity index (χ1) is 17.2. The summed E-state index contributed by atoms with van der Waals surface area (Å²) in [4.78, 5) is 54.9. The summed E-state index contributed by atoms with van der Waals surface area (Å²) in [5.74, 6) is -1.40. The van der Waals surface area contributed by atoms with Crippen molar-refractivity contribution in [3.05, 3.63) is 104 Å². The van der Waals surface area contributed by atoms with Crippen molar-refractivity contribution in [2.24, 2.45) is 7.05 Å². The van der Waals surface area contributed by atoms with E-state index >= 15 is 0 Å². The maximum absolute atomic E-state index is 12.9. The van der Waals surface area contributed by atoms with Crippen molar-refractivity contribution in [2.75, 3.05) is 12.3 Å². The van der Waals surface area contributed by atoms with Crippen LogP contribution in [-0.4, -0.2) is 42.3 Å². The van der Waals surface area contributed by atoms with E-state index in [1.54, 1.807) is 35.0 Å². The number of carbonyl (C=O) groups excluding carboxylic acids is 2. The number of pyridine rings is 1. The minimum atomic E-state index is -0.862. The molecule has 0 unspecified atom stereocenters. The van der Waals surface area contributed by atoms with Gasteiger partial charge in [-0.25, -0.2) is 19.3 Å². The molecule has 0 amide bonds. The lowest BCUT2D eigenvalue weighted by Gasteiger charge is -2.14. The van der Waals surface area contributed by atoms with Crippen LogP contribution in [0.2, 0.25) is 0 Å². The Bertz CT molecular complexity index is 1570. The summed E-state index contributed by atoms with van der Waals surface area (Å²) in [5, 5.41) is 4.34. The topological polar surface area (TPSA) is 144 Å². The molecule has 0 radical (unpaired) electrons. The fraction of sp³-hybridized carbons (Fsp3) is 0.200. The van der Waals surface area contributed by atoms with Gasteiger partial charge >= 0.3 is 11.7 Å². The molecule has 184 valence electrons. The van der Waals surface area contributed by atoms with E-state index in [2.05, 4.69) is 10.1 Å². The molecule has 1 aromatic carbocycles. The largest absolute Gasteiger partial charge is 0.454 e. The number of rotatable bonds is 7. The number of esters is 1. The predicted molar refractivity (Wildman–Crippen MR) is 131 cm³/mol. The molecule has 0 saturated heterocycles. The zero-order valence-electron chi connectivity index (χ0n) is 20.0. The van der Waals surface area contributed by atoms with Gasteiger partial charge in [0.15, 0.2) is 12.4 Å². The van der Waals surface area contributed by atoms with E-state index in [1.807, 2.05) is 26.0 Å². The lowest BCUT2D eigenvalue weighted by molar-refractivity contribution is 0.0473. The summed E-state index contributed by atoms with van der Waals surface area (Å²) in [7, 11) is 1.25. The number of benzene rings is 1. The third kappa shape index (κ3) is 4.71. The number of anilines is 1. The SMILES string of the molecule is Cc1cc(C)n(-c2ccc(C(=O)OCC(=O)c3c(N)n(Cc4ccccc4)c(=O)n(C)c3=O)cn2)n1. The molecular formula is C25H24N6O5. The van der Waals surface area contributed by atoms with Crippen LogP contribution in [0.25, 0.3) is 5.82 Å². The van der Waals surface area contributed by atoms with Crippen molar-refractivity contribution in [2.45, 2.75) is 20.4 Å². The summed E-state index contributed by atoms with van der Waals surface area (Å²) < 4.78 is 8.68. The van der Waals surface area contributed by atoms with Crippen molar-refractivity contribution in [1.29, 1.82) is 0 Å². The summed E-state index contributed by atoms with van der Waals surface area (Å²) >= 11 is 0. The second kappa shape index (κ2) is 9.82. The Hall–Kier alpha value is -4.80. The van der Waals surface area contributed by atoms with E-state index < -0.39 is 35.2 Å². The Kier molecular flexibility index (Phi) is 6.64. The molecule has 4 aromatic rings. The smallest absolute Gasteiger partial charge is 0.340 e. The first kappa shape index (κ1) is 24.3. The van der Waals surface area contributed by atoms with Gasteiger partial charge in [0.05, 0.1) is 17.8 Å². The fourth-order valence-corrected chi connectivity index (χ4v) is 3.74. The Balaban J connectivity index is 1.52. The van der Waals surface area contributed by atoms with E-state index in [-0.39, 0.29) is 17.9 Å². The van der Waals surface area contributed by atoms with E-state index in [1.165, 1.54) is 19.3 Å². The van der Waals surface area contributed by atoms with Crippen LogP contribution in [0.1, 0.15) is 37.7 Å². The number of nitrogens with two attached hydrogens (primary N) is 1. The molecule has 0 aliphatic carbocycles. The number of ether oxygens (including phenoxy) is 1.